The first-order chi connectivity index (χ1) is 15.4. The summed E-state index contributed by atoms with van der Waals surface area (Å²) in [5, 5.41) is 24.4. The first kappa shape index (κ1) is 20.0. The fourth-order valence-electron chi connectivity index (χ4n) is 3.67. The van der Waals surface area contributed by atoms with Crippen molar-refractivity contribution in [2.75, 3.05) is 24.2 Å². The second-order valence-corrected chi connectivity index (χ2v) is 8.19. The fourth-order valence-corrected chi connectivity index (χ4v) is 3.67. The third-order valence-corrected chi connectivity index (χ3v) is 5.65. The number of carbonyl (C=O) groups excluding carboxylic acids is 2. The molecule has 0 unspecified atom stereocenters. The number of rotatable bonds is 4. The number of benzene rings is 1. The summed E-state index contributed by atoms with van der Waals surface area (Å²) in [5.74, 6) is 5.41. The van der Waals surface area contributed by atoms with Crippen molar-refractivity contribution < 1.29 is 14.7 Å². The molecule has 4 N–H and O–H groups in total. The number of nitrogens with one attached hydrogen (secondary N) is 3. The Hall–Kier alpha value is -3.90. The highest BCUT2D eigenvalue weighted by Gasteiger charge is 2.42. The molecule has 9 heteroatoms. The molecule has 1 saturated carbocycles. The summed E-state index contributed by atoms with van der Waals surface area (Å²) in [6.45, 7) is 0.462. The normalized spacial score (nSPS) is 20.2. The van der Waals surface area contributed by atoms with Gasteiger partial charge in [-0.1, -0.05) is 17.9 Å². The highest BCUT2D eigenvalue weighted by atomic mass is 16.3. The quantitative estimate of drug-likeness (QED) is 0.468. The van der Waals surface area contributed by atoms with Crippen molar-refractivity contribution in [1.29, 1.82) is 0 Å². The van der Waals surface area contributed by atoms with E-state index in [4.69, 9.17) is 0 Å². The van der Waals surface area contributed by atoms with Gasteiger partial charge in [-0.15, -0.1) is 0 Å². The molecule has 3 heterocycles. The molecular weight excluding hydrogens is 408 g/mol. The van der Waals surface area contributed by atoms with E-state index in [1.54, 1.807) is 43.6 Å². The van der Waals surface area contributed by atoms with Gasteiger partial charge in [-0.05, 0) is 37.1 Å². The maximum absolute atomic E-state index is 13.0. The van der Waals surface area contributed by atoms with E-state index in [0.717, 1.165) is 18.4 Å². The van der Waals surface area contributed by atoms with Gasteiger partial charge in [-0.25, -0.2) is 4.98 Å². The summed E-state index contributed by atoms with van der Waals surface area (Å²) in [6, 6.07) is 9.09. The number of hydrogen-bond donors (Lipinski definition) is 4. The first-order valence-corrected chi connectivity index (χ1v) is 10.5. The van der Waals surface area contributed by atoms with Crippen molar-refractivity contribution in [2.45, 2.75) is 30.9 Å². The zero-order chi connectivity index (χ0) is 22.3. The Balaban J connectivity index is 1.37. The summed E-state index contributed by atoms with van der Waals surface area (Å²) in [7, 11) is 1.64. The van der Waals surface area contributed by atoms with Crippen molar-refractivity contribution in [3.63, 3.8) is 0 Å². The number of aliphatic hydroxyl groups is 1. The molecule has 2 fully saturated rings. The average molecular weight is 430 g/mol. The fraction of sp³-hybridized carbons (Fsp3) is 0.304. The number of aromatic amines is 1. The Kier molecular flexibility index (Phi) is 4.79. The molecule has 2 aromatic heterocycles. The number of nitrogens with zero attached hydrogens (tertiary/aromatic N) is 3. The molecule has 1 aliphatic carbocycles. The summed E-state index contributed by atoms with van der Waals surface area (Å²) < 4.78 is 0. The topological polar surface area (TPSA) is 123 Å². The van der Waals surface area contributed by atoms with Crippen LogP contribution in [0, 0.1) is 11.8 Å². The number of fused-ring (bicyclic) bond motifs is 1. The van der Waals surface area contributed by atoms with Crippen LogP contribution in [0.4, 0.5) is 11.5 Å². The van der Waals surface area contributed by atoms with Gasteiger partial charge in [0, 0.05) is 43.5 Å². The Morgan fingerprint density at radius 3 is 2.94 bits per heavy atom. The Morgan fingerprint density at radius 1 is 1.34 bits per heavy atom. The summed E-state index contributed by atoms with van der Waals surface area (Å²) in [6.07, 6.45) is 4.11. The molecule has 1 aromatic carbocycles. The van der Waals surface area contributed by atoms with Gasteiger partial charge in [0.25, 0.3) is 11.8 Å². The van der Waals surface area contributed by atoms with E-state index in [-0.39, 0.29) is 18.0 Å². The van der Waals surface area contributed by atoms with Crippen LogP contribution in [0.1, 0.15) is 35.3 Å². The van der Waals surface area contributed by atoms with Crippen molar-refractivity contribution in [2.24, 2.45) is 0 Å². The molecule has 5 rings (SSSR count). The number of pyridine rings is 1. The molecule has 1 saturated heterocycles. The molecule has 32 heavy (non-hydrogen) atoms. The van der Waals surface area contributed by atoms with Crippen LogP contribution in [0.5, 0.6) is 0 Å². The molecule has 1 atom stereocenters. The van der Waals surface area contributed by atoms with E-state index in [9.17, 15) is 14.7 Å². The summed E-state index contributed by atoms with van der Waals surface area (Å²) >= 11 is 0. The van der Waals surface area contributed by atoms with Crippen LogP contribution in [0.2, 0.25) is 0 Å². The van der Waals surface area contributed by atoms with E-state index < -0.39 is 11.5 Å². The smallest absolute Gasteiger partial charge is 0.276 e. The monoisotopic (exact) mass is 430 g/mol. The minimum absolute atomic E-state index is 0.252. The van der Waals surface area contributed by atoms with Gasteiger partial charge in [0.05, 0.1) is 10.9 Å². The van der Waals surface area contributed by atoms with Crippen molar-refractivity contribution in [3.05, 3.63) is 47.8 Å². The van der Waals surface area contributed by atoms with Crippen LogP contribution >= 0.6 is 0 Å². The van der Waals surface area contributed by atoms with Gasteiger partial charge < -0.3 is 20.6 Å². The minimum Gasteiger partial charge on any atom is -0.369 e. The summed E-state index contributed by atoms with van der Waals surface area (Å²) in [4.78, 5) is 30.9. The number of aromatic nitrogens is 3. The Labute approximate surface area is 184 Å². The van der Waals surface area contributed by atoms with Gasteiger partial charge >= 0.3 is 0 Å². The zero-order valence-corrected chi connectivity index (χ0v) is 17.5. The van der Waals surface area contributed by atoms with E-state index in [0.29, 0.717) is 35.0 Å². The predicted molar refractivity (Wildman–Crippen MR) is 119 cm³/mol. The van der Waals surface area contributed by atoms with Crippen LogP contribution in [-0.4, -0.2) is 62.2 Å². The molecule has 9 nitrogen and oxygen atoms in total. The third kappa shape index (κ3) is 3.76. The maximum atomic E-state index is 13.0. The number of amides is 2. The van der Waals surface area contributed by atoms with E-state index in [1.807, 2.05) is 0 Å². The van der Waals surface area contributed by atoms with E-state index >= 15 is 0 Å². The molecule has 3 aromatic rings. The predicted octanol–water partition coefficient (Wildman–Crippen LogP) is 1.73. The maximum Gasteiger partial charge on any atom is 0.276 e. The zero-order valence-electron chi connectivity index (χ0n) is 17.5. The standard InChI is InChI=1S/C23H22N6O3/c1-29-12-10-23(32,22(29)31)9-7-14-3-2-4-16(13-14)26-21(30)19-18-17(27-28-19)8-11-24-20(18)25-15-5-6-15/h2-4,8,11,13,15,32H,5-6,10,12H2,1H3,(H,24,25)(H,26,30)(H,27,28)/t23-/m0/s1. The number of likely N-dealkylation sites (tertiary alicyclic amines) is 1. The van der Waals surface area contributed by atoms with Crippen molar-refractivity contribution >= 4 is 34.2 Å². The lowest BCUT2D eigenvalue weighted by Crippen LogP contribution is -2.37. The Morgan fingerprint density at radius 2 is 2.19 bits per heavy atom. The van der Waals surface area contributed by atoms with Crippen molar-refractivity contribution in [1.82, 2.24) is 20.1 Å². The van der Waals surface area contributed by atoms with E-state index in [2.05, 4.69) is 37.7 Å². The van der Waals surface area contributed by atoms with Crippen LogP contribution in [0.3, 0.4) is 0 Å². The number of hydrogen-bond acceptors (Lipinski definition) is 6. The highest BCUT2D eigenvalue weighted by Crippen LogP contribution is 2.29. The second-order valence-electron chi connectivity index (χ2n) is 8.19. The van der Waals surface area contributed by atoms with Crippen molar-refractivity contribution in [3.8, 4) is 11.8 Å². The summed E-state index contributed by atoms with van der Waals surface area (Å²) in [5.41, 5.74) is 0.414. The van der Waals surface area contributed by atoms with E-state index in [1.165, 1.54) is 4.90 Å². The number of likely N-dealkylation sites (N-methyl/N-ethyl adjacent to an activating group) is 1. The molecule has 0 spiro atoms. The minimum atomic E-state index is -1.67. The molecule has 162 valence electrons. The molecule has 0 radical (unpaired) electrons. The Bertz CT molecular complexity index is 1290. The molecular formula is C23H22N6O3. The van der Waals surface area contributed by atoms with Crippen LogP contribution < -0.4 is 10.6 Å². The molecule has 1 aliphatic heterocycles. The second kappa shape index (κ2) is 7.66. The first-order valence-electron chi connectivity index (χ1n) is 10.5. The van der Waals surface area contributed by atoms with Crippen LogP contribution in [0.25, 0.3) is 10.9 Å². The number of anilines is 2. The SMILES string of the molecule is CN1CC[C@@](O)(C#Cc2cccc(NC(=O)c3n[nH]c4ccnc(NC5CC5)c34)c2)C1=O. The van der Waals surface area contributed by atoms with Crippen LogP contribution in [0.15, 0.2) is 36.5 Å². The lowest BCUT2D eigenvalue weighted by atomic mass is 10.0. The largest absolute Gasteiger partial charge is 0.369 e. The van der Waals surface area contributed by atoms with Gasteiger partial charge in [0.2, 0.25) is 5.60 Å². The number of H-pyrrole nitrogens is 1. The van der Waals surface area contributed by atoms with Crippen LogP contribution in [-0.2, 0) is 4.79 Å². The van der Waals surface area contributed by atoms with Gasteiger partial charge in [0.15, 0.2) is 5.69 Å². The molecule has 2 aliphatic rings. The lowest BCUT2D eigenvalue weighted by Gasteiger charge is -2.13. The highest BCUT2D eigenvalue weighted by molar-refractivity contribution is 6.13. The lowest BCUT2D eigenvalue weighted by molar-refractivity contribution is -0.137. The van der Waals surface area contributed by atoms with Gasteiger partial charge in [-0.2, -0.15) is 5.10 Å². The molecule has 0 bridgehead atoms. The van der Waals surface area contributed by atoms with Gasteiger partial charge in [-0.3, -0.25) is 14.7 Å². The molecule has 2 amide bonds. The van der Waals surface area contributed by atoms with Gasteiger partial charge in [0.1, 0.15) is 5.82 Å². The number of carbonyl (C=O) groups is 2. The average Bonchev–Trinajstić information content (AvgIpc) is 3.43. The third-order valence-electron chi connectivity index (χ3n) is 5.65.